The summed E-state index contributed by atoms with van der Waals surface area (Å²) >= 11 is 0. The Labute approximate surface area is 189 Å². The summed E-state index contributed by atoms with van der Waals surface area (Å²) in [7, 11) is 0. The highest BCUT2D eigenvalue weighted by atomic mass is 19.4. The number of imidazole rings is 1. The number of rotatable bonds is 4. The number of carbonyl (C=O) groups is 2. The third-order valence-electron chi connectivity index (χ3n) is 6.40. The molecular weight excluding hydrogens is 451 g/mol. The number of imide groups is 1. The summed E-state index contributed by atoms with van der Waals surface area (Å²) in [6.07, 6.45) is 1.29. The molecule has 1 saturated carbocycles. The van der Waals surface area contributed by atoms with Gasteiger partial charge in [-0.05, 0) is 42.0 Å². The van der Waals surface area contributed by atoms with Crippen LogP contribution in [-0.2, 0) is 11.3 Å². The highest BCUT2D eigenvalue weighted by Gasteiger charge is 2.42. The second-order valence-corrected chi connectivity index (χ2v) is 8.66. The first-order valence-electron chi connectivity index (χ1n) is 10.7. The van der Waals surface area contributed by atoms with E-state index in [-0.39, 0.29) is 18.4 Å². The molecule has 2 aliphatic rings. The SMILES string of the molecule is O=C1NCC(c2cc([C@H]3C[C@@H]3c3ccc4c(cnn4CC(F)(F)F)c3)c3nccn3n2)C(=O)N1. The number of alkyl halides is 3. The van der Waals surface area contributed by atoms with Crippen LogP contribution >= 0.6 is 0 Å². The normalized spacial score (nSPS) is 22.7. The summed E-state index contributed by atoms with van der Waals surface area (Å²) in [6.45, 7) is -0.973. The molecule has 34 heavy (non-hydrogen) atoms. The third kappa shape index (κ3) is 3.55. The molecule has 1 unspecified atom stereocenters. The first kappa shape index (κ1) is 20.6. The number of fused-ring (bicyclic) bond motifs is 2. The van der Waals surface area contributed by atoms with Gasteiger partial charge in [-0.1, -0.05) is 6.07 Å². The molecule has 0 radical (unpaired) electrons. The van der Waals surface area contributed by atoms with Crippen molar-refractivity contribution in [3.8, 4) is 0 Å². The van der Waals surface area contributed by atoms with E-state index in [0.29, 0.717) is 22.2 Å². The fraction of sp³-hybridized carbons (Fsp3) is 0.318. The van der Waals surface area contributed by atoms with Crippen LogP contribution in [0.4, 0.5) is 18.0 Å². The molecule has 174 valence electrons. The molecule has 2 N–H and O–H groups in total. The predicted octanol–water partition coefficient (Wildman–Crippen LogP) is 2.84. The molecular formula is C22H18F3N7O2. The lowest BCUT2D eigenvalue weighted by Crippen LogP contribution is -2.51. The van der Waals surface area contributed by atoms with Gasteiger partial charge >= 0.3 is 12.2 Å². The summed E-state index contributed by atoms with van der Waals surface area (Å²) < 4.78 is 41.0. The van der Waals surface area contributed by atoms with Crippen molar-refractivity contribution in [2.24, 2.45) is 0 Å². The summed E-state index contributed by atoms with van der Waals surface area (Å²) in [5.74, 6) is -0.742. The quantitative estimate of drug-likeness (QED) is 0.478. The van der Waals surface area contributed by atoms with Gasteiger partial charge in [0, 0.05) is 29.9 Å². The zero-order valence-electron chi connectivity index (χ0n) is 17.6. The minimum Gasteiger partial charge on any atom is -0.337 e. The number of nitrogens with one attached hydrogen (secondary N) is 2. The summed E-state index contributed by atoms with van der Waals surface area (Å²) in [6, 6.07) is 6.75. The van der Waals surface area contributed by atoms with Gasteiger partial charge in [-0.2, -0.15) is 23.4 Å². The maximum Gasteiger partial charge on any atom is 0.408 e. The van der Waals surface area contributed by atoms with E-state index in [1.807, 2.05) is 18.2 Å². The molecule has 0 spiro atoms. The number of hydrogen-bond acceptors (Lipinski definition) is 5. The second kappa shape index (κ2) is 7.27. The maximum atomic E-state index is 12.8. The van der Waals surface area contributed by atoms with Crippen molar-refractivity contribution < 1.29 is 22.8 Å². The number of aromatic nitrogens is 5. The van der Waals surface area contributed by atoms with E-state index in [4.69, 9.17) is 0 Å². The van der Waals surface area contributed by atoms with Gasteiger partial charge in [0.2, 0.25) is 5.91 Å². The van der Waals surface area contributed by atoms with Gasteiger partial charge in [-0.3, -0.25) is 14.8 Å². The van der Waals surface area contributed by atoms with Crippen LogP contribution in [-0.4, -0.2) is 49.0 Å². The molecule has 1 aromatic carbocycles. The average molecular weight is 469 g/mol. The predicted molar refractivity (Wildman–Crippen MR) is 113 cm³/mol. The Hall–Kier alpha value is -3.96. The van der Waals surface area contributed by atoms with E-state index in [1.54, 1.807) is 23.0 Å². The van der Waals surface area contributed by atoms with Crippen molar-refractivity contribution in [3.05, 3.63) is 59.7 Å². The first-order valence-corrected chi connectivity index (χ1v) is 10.7. The number of amides is 3. The zero-order valence-corrected chi connectivity index (χ0v) is 17.6. The molecule has 1 aliphatic carbocycles. The van der Waals surface area contributed by atoms with Crippen molar-refractivity contribution in [2.75, 3.05) is 6.54 Å². The Morgan fingerprint density at radius 3 is 2.79 bits per heavy atom. The minimum absolute atomic E-state index is 0.121. The van der Waals surface area contributed by atoms with E-state index < -0.39 is 30.6 Å². The monoisotopic (exact) mass is 469 g/mol. The lowest BCUT2D eigenvalue weighted by Gasteiger charge is -2.22. The minimum atomic E-state index is -4.34. The highest BCUT2D eigenvalue weighted by molar-refractivity contribution is 6.00. The Balaban J connectivity index is 1.31. The van der Waals surface area contributed by atoms with Crippen LogP contribution in [0.3, 0.4) is 0 Å². The number of carbonyl (C=O) groups excluding carboxylic acids is 2. The Kier molecular flexibility index (Phi) is 4.41. The molecule has 6 rings (SSSR count). The number of nitrogens with zero attached hydrogens (tertiary/aromatic N) is 5. The van der Waals surface area contributed by atoms with Crippen LogP contribution < -0.4 is 10.6 Å². The van der Waals surface area contributed by atoms with Gasteiger partial charge in [0.05, 0.1) is 23.3 Å². The Morgan fingerprint density at radius 1 is 1.15 bits per heavy atom. The lowest BCUT2D eigenvalue weighted by atomic mass is 9.99. The van der Waals surface area contributed by atoms with Crippen molar-refractivity contribution in [2.45, 2.75) is 36.9 Å². The van der Waals surface area contributed by atoms with Crippen molar-refractivity contribution >= 4 is 28.5 Å². The first-order chi connectivity index (χ1) is 16.3. The van der Waals surface area contributed by atoms with Gasteiger partial charge in [-0.15, -0.1) is 0 Å². The lowest BCUT2D eigenvalue weighted by molar-refractivity contribution is -0.141. The summed E-state index contributed by atoms with van der Waals surface area (Å²) in [4.78, 5) is 28.2. The van der Waals surface area contributed by atoms with Gasteiger partial charge in [0.15, 0.2) is 5.65 Å². The van der Waals surface area contributed by atoms with Crippen molar-refractivity contribution in [1.29, 1.82) is 0 Å². The molecule has 4 aromatic rings. The van der Waals surface area contributed by atoms with E-state index in [0.717, 1.165) is 22.2 Å². The molecule has 12 heteroatoms. The van der Waals surface area contributed by atoms with Crippen LogP contribution in [0.15, 0.2) is 42.9 Å². The van der Waals surface area contributed by atoms with Crippen LogP contribution in [0.5, 0.6) is 0 Å². The van der Waals surface area contributed by atoms with Crippen LogP contribution in [0, 0.1) is 0 Å². The molecule has 3 amide bonds. The third-order valence-corrected chi connectivity index (χ3v) is 6.40. The largest absolute Gasteiger partial charge is 0.408 e. The number of halogens is 3. The molecule has 9 nitrogen and oxygen atoms in total. The van der Waals surface area contributed by atoms with Crippen molar-refractivity contribution in [3.63, 3.8) is 0 Å². The average Bonchev–Trinajstić information content (AvgIpc) is 3.26. The van der Waals surface area contributed by atoms with E-state index in [9.17, 15) is 22.8 Å². The van der Waals surface area contributed by atoms with E-state index in [1.165, 1.54) is 6.20 Å². The zero-order chi connectivity index (χ0) is 23.6. The second-order valence-electron chi connectivity index (χ2n) is 8.66. The maximum absolute atomic E-state index is 12.8. The Bertz CT molecular complexity index is 1460. The smallest absolute Gasteiger partial charge is 0.337 e. The fourth-order valence-corrected chi connectivity index (χ4v) is 4.71. The van der Waals surface area contributed by atoms with Crippen LogP contribution in [0.2, 0.25) is 0 Å². The highest BCUT2D eigenvalue weighted by Crippen LogP contribution is 2.55. The van der Waals surface area contributed by atoms with Crippen molar-refractivity contribution in [1.82, 2.24) is 35.0 Å². The van der Waals surface area contributed by atoms with E-state index >= 15 is 0 Å². The van der Waals surface area contributed by atoms with Crippen LogP contribution in [0.25, 0.3) is 16.6 Å². The van der Waals surface area contributed by atoms with Gasteiger partial charge < -0.3 is 5.32 Å². The standard InChI is InChI=1S/C22H18F3N7O2/c23-22(24,25)10-32-18-2-1-11(5-12(18)8-28-32)13-6-14(13)15-7-17(30-31-4-3-26-19(15)31)16-9-27-21(34)29-20(16)33/h1-5,7-8,13-14,16H,6,9-10H2,(H2,27,29,33,34)/t13-,14+,16?/m1/s1. The molecule has 2 fully saturated rings. The molecule has 3 atom stereocenters. The summed E-state index contributed by atoms with van der Waals surface area (Å²) in [5.41, 5.74) is 3.61. The number of benzene rings is 1. The summed E-state index contributed by atoms with van der Waals surface area (Å²) in [5, 5.41) is 14.0. The Morgan fingerprint density at radius 2 is 2.00 bits per heavy atom. The molecule has 3 aromatic heterocycles. The molecule has 4 heterocycles. The molecule has 0 bridgehead atoms. The molecule has 1 saturated heterocycles. The van der Waals surface area contributed by atoms with E-state index in [2.05, 4.69) is 25.8 Å². The topological polar surface area (TPSA) is 106 Å². The molecule has 1 aliphatic heterocycles. The van der Waals surface area contributed by atoms with Gasteiger partial charge in [-0.25, -0.2) is 14.3 Å². The van der Waals surface area contributed by atoms with Gasteiger partial charge in [0.1, 0.15) is 6.54 Å². The fourth-order valence-electron chi connectivity index (χ4n) is 4.71. The number of urea groups is 1. The van der Waals surface area contributed by atoms with Gasteiger partial charge in [0.25, 0.3) is 0 Å². The van der Waals surface area contributed by atoms with Crippen LogP contribution in [0.1, 0.15) is 41.0 Å². The number of hydrogen-bond donors (Lipinski definition) is 2.